The molecule has 0 fully saturated rings. The first-order valence-corrected chi connectivity index (χ1v) is 5.49. The van der Waals surface area contributed by atoms with E-state index in [0.717, 1.165) is 29.2 Å². The largest absolute Gasteiger partial charge is 0.372 e. The molecule has 16 heavy (non-hydrogen) atoms. The van der Waals surface area contributed by atoms with Gasteiger partial charge in [0.05, 0.1) is 11.6 Å². The number of hydrogen-bond donors (Lipinski definition) is 1. The third kappa shape index (κ3) is 1.85. The lowest BCUT2D eigenvalue weighted by Crippen LogP contribution is -2.07. The molecule has 2 rings (SSSR count). The summed E-state index contributed by atoms with van der Waals surface area (Å²) in [6, 6.07) is 0. The fraction of sp³-hybridized carbons (Fsp3) is 0.545. The molecule has 0 radical (unpaired) electrons. The van der Waals surface area contributed by atoms with E-state index in [2.05, 4.69) is 34.2 Å². The Balaban J connectivity index is 2.58. The molecule has 0 spiro atoms. The van der Waals surface area contributed by atoms with Crippen molar-refractivity contribution in [1.82, 2.24) is 19.7 Å². The lowest BCUT2D eigenvalue weighted by atomic mass is 10.2. The van der Waals surface area contributed by atoms with Crippen molar-refractivity contribution in [2.45, 2.75) is 27.3 Å². The maximum atomic E-state index is 4.45. The molecular formula is C11H17N5. The van der Waals surface area contributed by atoms with Gasteiger partial charge in [0.1, 0.15) is 11.6 Å². The molecule has 2 aromatic rings. The Kier molecular flexibility index (Phi) is 2.77. The molecule has 0 aliphatic carbocycles. The van der Waals surface area contributed by atoms with Gasteiger partial charge >= 0.3 is 0 Å². The summed E-state index contributed by atoms with van der Waals surface area (Å²) in [6.07, 6.45) is 1.82. The number of nitrogens with zero attached hydrogens (tertiary/aromatic N) is 4. The minimum absolute atomic E-state index is 0.552. The van der Waals surface area contributed by atoms with E-state index in [0.29, 0.717) is 5.92 Å². The summed E-state index contributed by atoms with van der Waals surface area (Å²) in [5.41, 5.74) is 0.908. The number of aromatic nitrogens is 4. The van der Waals surface area contributed by atoms with Gasteiger partial charge in [0.25, 0.3) is 0 Å². The predicted octanol–water partition coefficient (Wildman–Crippen LogP) is 1.83. The van der Waals surface area contributed by atoms with Crippen LogP contribution in [0.2, 0.25) is 0 Å². The summed E-state index contributed by atoms with van der Waals surface area (Å²) in [4.78, 5) is 8.78. The highest BCUT2D eigenvalue weighted by Gasteiger charge is 2.10. The molecule has 5 heteroatoms. The summed E-state index contributed by atoms with van der Waals surface area (Å²) in [5, 5.41) is 8.41. The van der Waals surface area contributed by atoms with Crippen LogP contribution in [0.1, 0.15) is 19.7 Å². The summed E-state index contributed by atoms with van der Waals surface area (Å²) in [6.45, 7) is 7.11. The van der Waals surface area contributed by atoms with Crippen molar-refractivity contribution >= 4 is 16.9 Å². The molecule has 0 aliphatic heterocycles. The normalized spacial score (nSPS) is 11.3. The van der Waals surface area contributed by atoms with E-state index in [-0.39, 0.29) is 0 Å². The van der Waals surface area contributed by atoms with Gasteiger partial charge in [-0.05, 0) is 12.8 Å². The van der Waals surface area contributed by atoms with Crippen LogP contribution < -0.4 is 5.32 Å². The predicted molar refractivity (Wildman–Crippen MR) is 64.4 cm³/mol. The summed E-state index contributed by atoms with van der Waals surface area (Å²) in [5.74, 6) is 2.16. The maximum Gasteiger partial charge on any atom is 0.163 e. The van der Waals surface area contributed by atoms with Crippen molar-refractivity contribution in [1.29, 1.82) is 0 Å². The Morgan fingerprint density at radius 3 is 2.75 bits per heavy atom. The van der Waals surface area contributed by atoms with E-state index in [1.165, 1.54) is 0 Å². The Labute approximate surface area is 94.9 Å². The van der Waals surface area contributed by atoms with E-state index in [4.69, 9.17) is 0 Å². The molecule has 0 saturated carbocycles. The fourth-order valence-corrected chi connectivity index (χ4v) is 1.73. The van der Waals surface area contributed by atoms with Crippen LogP contribution >= 0.6 is 0 Å². The summed E-state index contributed by atoms with van der Waals surface area (Å²) in [7, 11) is 1.86. The molecule has 2 heterocycles. The van der Waals surface area contributed by atoms with Crippen LogP contribution in [-0.2, 0) is 6.54 Å². The molecule has 86 valence electrons. The van der Waals surface area contributed by atoms with Crippen LogP contribution in [0.25, 0.3) is 11.0 Å². The molecule has 0 unspecified atom stereocenters. The summed E-state index contributed by atoms with van der Waals surface area (Å²) >= 11 is 0. The van der Waals surface area contributed by atoms with Crippen molar-refractivity contribution in [3.63, 3.8) is 0 Å². The highest BCUT2D eigenvalue weighted by molar-refractivity contribution is 5.86. The number of fused-ring (bicyclic) bond motifs is 1. The van der Waals surface area contributed by atoms with Gasteiger partial charge < -0.3 is 5.32 Å². The number of nitrogens with one attached hydrogen (secondary N) is 1. The summed E-state index contributed by atoms with van der Waals surface area (Å²) < 4.78 is 1.94. The Hall–Kier alpha value is -1.65. The first-order chi connectivity index (χ1) is 7.61. The number of hydrogen-bond acceptors (Lipinski definition) is 4. The first kappa shape index (κ1) is 10.9. The number of anilines is 1. The topological polar surface area (TPSA) is 55.6 Å². The van der Waals surface area contributed by atoms with Gasteiger partial charge in [0.15, 0.2) is 5.65 Å². The quantitative estimate of drug-likeness (QED) is 0.855. The minimum atomic E-state index is 0.552. The Morgan fingerprint density at radius 1 is 1.38 bits per heavy atom. The Bertz CT molecular complexity index is 500. The zero-order valence-corrected chi connectivity index (χ0v) is 10.2. The molecule has 0 aliphatic rings. The zero-order chi connectivity index (χ0) is 11.7. The van der Waals surface area contributed by atoms with Gasteiger partial charge in [0, 0.05) is 13.6 Å². The molecule has 0 amide bonds. The molecule has 5 nitrogen and oxygen atoms in total. The second-order valence-corrected chi connectivity index (χ2v) is 4.33. The second-order valence-electron chi connectivity index (χ2n) is 4.33. The van der Waals surface area contributed by atoms with Gasteiger partial charge in [-0.2, -0.15) is 5.10 Å². The van der Waals surface area contributed by atoms with Crippen LogP contribution in [0.5, 0.6) is 0 Å². The van der Waals surface area contributed by atoms with E-state index in [1.807, 2.05) is 24.9 Å². The second kappa shape index (κ2) is 4.08. The van der Waals surface area contributed by atoms with Gasteiger partial charge in [-0.25, -0.2) is 14.6 Å². The first-order valence-electron chi connectivity index (χ1n) is 5.49. The Morgan fingerprint density at radius 2 is 2.12 bits per heavy atom. The highest BCUT2D eigenvalue weighted by atomic mass is 15.3. The van der Waals surface area contributed by atoms with Crippen molar-refractivity contribution in [3.05, 3.63) is 12.0 Å². The highest BCUT2D eigenvalue weighted by Crippen LogP contribution is 2.19. The van der Waals surface area contributed by atoms with Crippen molar-refractivity contribution in [3.8, 4) is 0 Å². The monoisotopic (exact) mass is 219 g/mol. The third-order valence-electron chi connectivity index (χ3n) is 2.38. The number of aryl methyl sites for hydroxylation is 1. The standard InChI is InChI=1S/C11H17N5/c1-7(2)6-16-11-9(5-13-16)10(12-4)14-8(3)15-11/h5,7H,6H2,1-4H3,(H,12,14,15). The molecule has 0 atom stereocenters. The maximum absolute atomic E-state index is 4.45. The molecule has 2 aromatic heterocycles. The van der Waals surface area contributed by atoms with Gasteiger partial charge in [-0.3, -0.25) is 0 Å². The van der Waals surface area contributed by atoms with Crippen molar-refractivity contribution in [2.24, 2.45) is 5.92 Å². The minimum Gasteiger partial charge on any atom is -0.372 e. The van der Waals surface area contributed by atoms with Crippen LogP contribution in [0.3, 0.4) is 0 Å². The van der Waals surface area contributed by atoms with E-state index in [9.17, 15) is 0 Å². The molecule has 1 N–H and O–H groups in total. The third-order valence-corrected chi connectivity index (χ3v) is 2.38. The molecule has 0 bridgehead atoms. The van der Waals surface area contributed by atoms with Gasteiger partial charge in [-0.1, -0.05) is 13.8 Å². The SMILES string of the molecule is CNc1nc(C)nc2c1cnn2CC(C)C. The van der Waals surface area contributed by atoms with E-state index in [1.54, 1.807) is 0 Å². The molecule has 0 saturated heterocycles. The van der Waals surface area contributed by atoms with Crippen molar-refractivity contribution < 1.29 is 0 Å². The molecular weight excluding hydrogens is 202 g/mol. The van der Waals surface area contributed by atoms with Gasteiger partial charge in [-0.15, -0.1) is 0 Å². The zero-order valence-electron chi connectivity index (χ0n) is 10.2. The fourth-order valence-electron chi connectivity index (χ4n) is 1.73. The molecule has 0 aromatic carbocycles. The average molecular weight is 219 g/mol. The van der Waals surface area contributed by atoms with E-state index < -0.39 is 0 Å². The smallest absolute Gasteiger partial charge is 0.163 e. The van der Waals surface area contributed by atoms with Crippen molar-refractivity contribution in [2.75, 3.05) is 12.4 Å². The van der Waals surface area contributed by atoms with Crippen LogP contribution in [0.15, 0.2) is 6.20 Å². The van der Waals surface area contributed by atoms with Gasteiger partial charge in [0.2, 0.25) is 0 Å². The van der Waals surface area contributed by atoms with Crippen LogP contribution in [-0.4, -0.2) is 26.8 Å². The van der Waals surface area contributed by atoms with Crippen LogP contribution in [0, 0.1) is 12.8 Å². The average Bonchev–Trinajstić information content (AvgIpc) is 2.59. The van der Waals surface area contributed by atoms with E-state index >= 15 is 0 Å². The van der Waals surface area contributed by atoms with Crippen LogP contribution in [0.4, 0.5) is 5.82 Å². The number of rotatable bonds is 3. The lowest BCUT2D eigenvalue weighted by Gasteiger charge is -2.07. The lowest BCUT2D eigenvalue weighted by molar-refractivity contribution is 0.492.